The van der Waals surface area contributed by atoms with E-state index < -0.39 is 18.4 Å². The second-order valence-electron chi connectivity index (χ2n) is 4.26. The molecule has 1 N–H and O–H groups in total. The van der Waals surface area contributed by atoms with Crippen LogP contribution in [-0.2, 0) is 20.9 Å². The van der Waals surface area contributed by atoms with Gasteiger partial charge in [-0.3, -0.25) is 4.79 Å². The molecule has 0 spiro atoms. The Morgan fingerprint density at radius 1 is 1.33 bits per heavy atom. The number of benzene rings is 1. The van der Waals surface area contributed by atoms with Crippen molar-refractivity contribution in [1.29, 1.82) is 0 Å². The molecule has 0 aliphatic rings. The molecule has 0 unspecified atom stereocenters. The van der Waals surface area contributed by atoms with Crippen molar-refractivity contribution < 1.29 is 28.6 Å². The van der Waals surface area contributed by atoms with Crippen LogP contribution in [0.25, 0.3) is 0 Å². The number of carbonyl (C=O) groups excluding carboxylic acids is 1. The summed E-state index contributed by atoms with van der Waals surface area (Å²) in [5.41, 5.74) is 0.613. The fraction of sp³-hybridized carbons (Fsp3) is 0.429. The Kier molecular flexibility index (Phi) is 6.61. The van der Waals surface area contributed by atoms with E-state index in [4.69, 9.17) is 14.6 Å². The van der Waals surface area contributed by atoms with Crippen LogP contribution in [0.15, 0.2) is 18.2 Å². The summed E-state index contributed by atoms with van der Waals surface area (Å²) in [6, 6.07) is 4.45. The van der Waals surface area contributed by atoms with E-state index in [1.807, 2.05) is 0 Å². The van der Waals surface area contributed by atoms with Gasteiger partial charge in [0.25, 0.3) is 0 Å². The maximum atomic E-state index is 13.6. The Bertz CT molecular complexity index is 506. The Morgan fingerprint density at radius 2 is 2.05 bits per heavy atom. The van der Waals surface area contributed by atoms with Crippen LogP contribution in [0.4, 0.5) is 4.39 Å². The molecule has 0 aliphatic heterocycles. The molecule has 21 heavy (non-hydrogen) atoms. The number of hydrogen-bond donors (Lipinski definition) is 1. The number of halogens is 1. The van der Waals surface area contributed by atoms with Gasteiger partial charge in [-0.1, -0.05) is 6.07 Å². The predicted molar refractivity (Wildman–Crippen MR) is 72.5 cm³/mol. The average Bonchev–Trinajstić information content (AvgIpc) is 2.44. The topological polar surface area (TPSA) is 76.1 Å². The lowest BCUT2D eigenvalue weighted by Crippen LogP contribution is -2.34. The van der Waals surface area contributed by atoms with Crippen molar-refractivity contribution >= 4 is 11.9 Å². The zero-order chi connectivity index (χ0) is 15.8. The molecule has 1 aromatic carbocycles. The van der Waals surface area contributed by atoms with Gasteiger partial charge >= 0.3 is 5.97 Å². The first kappa shape index (κ1) is 16.9. The molecule has 0 aromatic heterocycles. The van der Waals surface area contributed by atoms with Crippen LogP contribution in [0, 0.1) is 5.82 Å². The third kappa shape index (κ3) is 5.39. The van der Waals surface area contributed by atoms with E-state index in [1.165, 1.54) is 24.1 Å². The van der Waals surface area contributed by atoms with Crippen molar-refractivity contribution in [2.75, 3.05) is 26.9 Å². The van der Waals surface area contributed by atoms with Gasteiger partial charge in [0.15, 0.2) is 11.6 Å². The quantitative estimate of drug-likeness (QED) is 0.782. The van der Waals surface area contributed by atoms with E-state index in [0.717, 1.165) is 0 Å². The highest BCUT2D eigenvalue weighted by molar-refractivity contribution is 5.78. The van der Waals surface area contributed by atoms with Crippen LogP contribution in [0.1, 0.15) is 12.5 Å². The van der Waals surface area contributed by atoms with Gasteiger partial charge < -0.3 is 19.5 Å². The molecule has 0 aliphatic carbocycles. The number of likely N-dealkylation sites (N-methyl/N-ethyl adjacent to an activating group) is 1. The summed E-state index contributed by atoms with van der Waals surface area (Å²) in [6.45, 7) is 1.55. The van der Waals surface area contributed by atoms with E-state index in [0.29, 0.717) is 12.1 Å². The standard InChI is InChI=1S/C14H18FNO5/c1-3-16(13(17)8-21-9-14(18)19)7-10-4-5-12(20-2)11(15)6-10/h4-6H,3,7-9H2,1-2H3,(H,18,19). The Morgan fingerprint density at radius 3 is 2.57 bits per heavy atom. The van der Waals surface area contributed by atoms with Crippen LogP contribution < -0.4 is 4.74 Å². The summed E-state index contributed by atoms with van der Waals surface area (Å²) < 4.78 is 23.2. The number of ether oxygens (including phenoxy) is 2. The van der Waals surface area contributed by atoms with Crippen LogP contribution >= 0.6 is 0 Å². The second kappa shape index (κ2) is 8.21. The Labute approximate surface area is 122 Å². The number of nitrogens with zero attached hydrogens (tertiary/aromatic N) is 1. The van der Waals surface area contributed by atoms with Crippen molar-refractivity contribution in [1.82, 2.24) is 4.90 Å². The molecule has 116 valence electrons. The average molecular weight is 299 g/mol. The van der Waals surface area contributed by atoms with Crippen LogP contribution in [0.2, 0.25) is 0 Å². The Hall–Kier alpha value is -2.15. The summed E-state index contributed by atoms with van der Waals surface area (Å²) >= 11 is 0. The molecule has 0 atom stereocenters. The molecule has 0 saturated heterocycles. The molecule has 0 heterocycles. The highest BCUT2D eigenvalue weighted by Crippen LogP contribution is 2.18. The summed E-state index contributed by atoms with van der Waals surface area (Å²) in [6.07, 6.45) is 0. The van der Waals surface area contributed by atoms with E-state index in [9.17, 15) is 14.0 Å². The monoisotopic (exact) mass is 299 g/mol. The van der Waals surface area contributed by atoms with Crippen LogP contribution in [0.3, 0.4) is 0 Å². The zero-order valence-electron chi connectivity index (χ0n) is 12.0. The van der Waals surface area contributed by atoms with E-state index in [1.54, 1.807) is 13.0 Å². The van der Waals surface area contributed by atoms with E-state index in [2.05, 4.69) is 0 Å². The zero-order valence-corrected chi connectivity index (χ0v) is 12.0. The van der Waals surface area contributed by atoms with Crippen LogP contribution in [-0.4, -0.2) is 48.8 Å². The molecule has 6 nitrogen and oxygen atoms in total. The van der Waals surface area contributed by atoms with Gasteiger partial charge in [-0.25, -0.2) is 9.18 Å². The van der Waals surface area contributed by atoms with Gasteiger partial charge in [-0.2, -0.15) is 0 Å². The number of carboxylic acids is 1. The fourth-order valence-electron chi connectivity index (χ4n) is 1.72. The molecule has 0 bridgehead atoms. The van der Waals surface area contributed by atoms with Gasteiger partial charge in [-0.05, 0) is 24.6 Å². The molecule has 1 aromatic rings. The third-order valence-electron chi connectivity index (χ3n) is 2.78. The van der Waals surface area contributed by atoms with Crippen molar-refractivity contribution in [2.45, 2.75) is 13.5 Å². The minimum Gasteiger partial charge on any atom is -0.494 e. The smallest absolute Gasteiger partial charge is 0.329 e. The minimum absolute atomic E-state index is 0.137. The number of rotatable bonds is 8. The lowest BCUT2D eigenvalue weighted by atomic mass is 10.2. The van der Waals surface area contributed by atoms with Crippen molar-refractivity contribution in [3.8, 4) is 5.75 Å². The number of amides is 1. The van der Waals surface area contributed by atoms with Gasteiger partial charge in [0.05, 0.1) is 7.11 Å². The maximum Gasteiger partial charge on any atom is 0.329 e. The normalized spacial score (nSPS) is 10.2. The largest absolute Gasteiger partial charge is 0.494 e. The molecule has 0 fully saturated rings. The van der Waals surface area contributed by atoms with Crippen molar-refractivity contribution in [3.05, 3.63) is 29.6 Å². The molecular weight excluding hydrogens is 281 g/mol. The number of methoxy groups -OCH3 is 1. The van der Waals surface area contributed by atoms with Crippen LogP contribution in [0.5, 0.6) is 5.75 Å². The highest BCUT2D eigenvalue weighted by atomic mass is 19.1. The number of hydrogen-bond acceptors (Lipinski definition) is 4. The second-order valence-corrected chi connectivity index (χ2v) is 4.26. The number of carboxylic acid groups (broad SMARTS) is 1. The van der Waals surface area contributed by atoms with Gasteiger partial charge in [0, 0.05) is 13.1 Å². The Balaban J connectivity index is 2.62. The summed E-state index contributed by atoms with van der Waals surface area (Å²) in [5.74, 6) is -1.85. The molecular formula is C14H18FNO5. The van der Waals surface area contributed by atoms with Gasteiger partial charge in [0.2, 0.25) is 5.91 Å². The maximum absolute atomic E-state index is 13.6. The molecule has 0 saturated carbocycles. The summed E-state index contributed by atoms with van der Waals surface area (Å²) in [5, 5.41) is 8.43. The first-order valence-corrected chi connectivity index (χ1v) is 6.37. The molecule has 1 amide bonds. The minimum atomic E-state index is -1.14. The van der Waals surface area contributed by atoms with E-state index >= 15 is 0 Å². The summed E-state index contributed by atoms with van der Waals surface area (Å²) in [7, 11) is 1.37. The number of aliphatic carboxylic acids is 1. The molecule has 7 heteroatoms. The van der Waals surface area contributed by atoms with Gasteiger partial charge in [-0.15, -0.1) is 0 Å². The fourth-order valence-corrected chi connectivity index (χ4v) is 1.72. The first-order chi connectivity index (χ1) is 9.97. The molecule has 1 rings (SSSR count). The van der Waals surface area contributed by atoms with E-state index in [-0.39, 0.29) is 24.8 Å². The van der Waals surface area contributed by atoms with Gasteiger partial charge in [0.1, 0.15) is 13.2 Å². The molecule has 0 radical (unpaired) electrons. The lowest BCUT2D eigenvalue weighted by Gasteiger charge is -2.21. The summed E-state index contributed by atoms with van der Waals surface area (Å²) in [4.78, 5) is 23.6. The highest BCUT2D eigenvalue weighted by Gasteiger charge is 2.14. The van der Waals surface area contributed by atoms with Crippen molar-refractivity contribution in [2.24, 2.45) is 0 Å². The number of carbonyl (C=O) groups is 2. The first-order valence-electron chi connectivity index (χ1n) is 6.37. The van der Waals surface area contributed by atoms with Crippen molar-refractivity contribution in [3.63, 3.8) is 0 Å². The third-order valence-corrected chi connectivity index (χ3v) is 2.78. The lowest BCUT2D eigenvalue weighted by molar-refractivity contribution is -0.146. The predicted octanol–water partition coefficient (Wildman–Crippen LogP) is 1.28. The SMILES string of the molecule is CCN(Cc1ccc(OC)c(F)c1)C(=O)COCC(=O)O.